The van der Waals surface area contributed by atoms with Crippen molar-refractivity contribution in [3.05, 3.63) is 34.6 Å². The maximum absolute atomic E-state index is 14.0. The van der Waals surface area contributed by atoms with E-state index in [-0.39, 0.29) is 23.0 Å². The number of hydrogen-bond donors (Lipinski definition) is 1. The molecule has 2 fully saturated rings. The van der Waals surface area contributed by atoms with E-state index >= 15 is 0 Å². The van der Waals surface area contributed by atoms with Crippen molar-refractivity contribution in [3.63, 3.8) is 0 Å². The maximum atomic E-state index is 14.0. The summed E-state index contributed by atoms with van der Waals surface area (Å²) in [4.78, 5) is 28.6. The lowest BCUT2D eigenvalue weighted by Crippen LogP contribution is -2.55. The normalized spacial score (nSPS) is 20.6. The molecule has 2 aliphatic rings. The molecule has 0 saturated carbocycles. The molecule has 136 valence electrons. The topological polar surface area (TPSA) is 52.7 Å². The molecule has 0 unspecified atom stereocenters. The Bertz CT molecular complexity index is 687. The molecule has 2 aliphatic heterocycles. The lowest BCUT2D eigenvalue weighted by Gasteiger charge is -2.38. The van der Waals surface area contributed by atoms with E-state index in [1.165, 1.54) is 12.1 Å². The van der Waals surface area contributed by atoms with Crippen molar-refractivity contribution in [2.75, 3.05) is 19.6 Å². The van der Waals surface area contributed by atoms with Gasteiger partial charge in [-0.25, -0.2) is 9.18 Å². The number of imide groups is 1. The SMILES string of the molecule is CC(C)CN1CCC2(CC1)NC(=O)N(Cc1ccc(Cl)cc1F)C2=O. The number of nitrogens with one attached hydrogen (secondary N) is 1. The Labute approximate surface area is 152 Å². The number of urea groups is 1. The highest BCUT2D eigenvalue weighted by molar-refractivity contribution is 6.30. The van der Waals surface area contributed by atoms with Gasteiger partial charge in [-0.2, -0.15) is 0 Å². The second-order valence-electron chi connectivity index (χ2n) is 7.33. The highest BCUT2D eigenvalue weighted by Gasteiger charge is 2.52. The Morgan fingerprint density at radius 3 is 2.56 bits per heavy atom. The molecule has 0 radical (unpaired) electrons. The Morgan fingerprint density at radius 1 is 1.28 bits per heavy atom. The Hall–Kier alpha value is -1.66. The average molecular weight is 368 g/mol. The number of piperidine rings is 1. The first-order chi connectivity index (χ1) is 11.8. The zero-order chi connectivity index (χ0) is 18.2. The van der Waals surface area contributed by atoms with Crippen LogP contribution in [0.25, 0.3) is 0 Å². The van der Waals surface area contributed by atoms with Gasteiger partial charge in [0.05, 0.1) is 6.54 Å². The number of nitrogens with zero attached hydrogens (tertiary/aromatic N) is 2. The molecule has 0 aliphatic carbocycles. The number of amides is 3. The van der Waals surface area contributed by atoms with E-state index in [4.69, 9.17) is 11.6 Å². The molecule has 0 atom stereocenters. The van der Waals surface area contributed by atoms with E-state index in [0.29, 0.717) is 18.8 Å². The Balaban J connectivity index is 1.70. The molecule has 1 N–H and O–H groups in total. The molecule has 7 heteroatoms. The summed E-state index contributed by atoms with van der Waals surface area (Å²) in [5.41, 5.74) is -0.560. The molecule has 0 aromatic heterocycles. The number of hydrogen-bond acceptors (Lipinski definition) is 3. The molecule has 2 heterocycles. The van der Waals surface area contributed by atoms with Crippen molar-refractivity contribution < 1.29 is 14.0 Å². The van der Waals surface area contributed by atoms with Crippen molar-refractivity contribution in [2.24, 2.45) is 5.92 Å². The average Bonchev–Trinajstić information content (AvgIpc) is 2.76. The molecular weight excluding hydrogens is 345 g/mol. The van der Waals surface area contributed by atoms with E-state index in [0.717, 1.165) is 24.5 Å². The molecule has 2 saturated heterocycles. The molecule has 3 rings (SSSR count). The fourth-order valence-electron chi connectivity index (χ4n) is 3.61. The first-order valence-corrected chi connectivity index (χ1v) is 8.99. The highest BCUT2D eigenvalue weighted by atomic mass is 35.5. The number of benzene rings is 1. The first kappa shape index (κ1) is 18.1. The summed E-state index contributed by atoms with van der Waals surface area (Å²) in [6.07, 6.45) is 1.17. The number of likely N-dealkylation sites (tertiary alicyclic amines) is 1. The van der Waals surface area contributed by atoms with E-state index in [2.05, 4.69) is 24.1 Å². The predicted octanol–water partition coefficient (Wildman–Crippen LogP) is 3.02. The van der Waals surface area contributed by atoms with Crippen LogP contribution < -0.4 is 5.32 Å². The first-order valence-electron chi connectivity index (χ1n) is 8.61. The molecular formula is C18H23ClFN3O2. The molecule has 25 heavy (non-hydrogen) atoms. The molecule has 1 aromatic carbocycles. The number of halogens is 2. The molecule has 0 bridgehead atoms. The third-order valence-electron chi connectivity index (χ3n) is 4.92. The van der Waals surface area contributed by atoms with Gasteiger partial charge in [0.2, 0.25) is 0 Å². The number of carbonyl (C=O) groups is 2. The van der Waals surface area contributed by atoms with Gasteiger partial charge in [0, 0.05) is 30.2 Å². The predicted molar refractivity (Wildman–Crippen MR) is 93.7 cm³/mol. The van der Waals surface area contributed by atoms with Crippen molar-refractivity contribution in [2.45, 2.75) is 38.8 Å². The van der Waals surface area contributed by atoms with E-state index in [1.54, 1.807) is 6.07 Å². The monoisotopic (exact) mass is 367 g/mol. The van der Waals surface area contributed by atoms with Gasteiger partial charge in [0.15, 0.2) is 0 Å². The number of rotatable bonds is 4. The van der Waals surface area contributed by atoms with Crippen LogP contribution in [0.5, 0.6) is 0 Å². The fraction of sp³-hybridized carbons (Fsp3) is 0.556. The summed E-state index contributed by atoms with van der Waals surface area (Å²) in [5.74, 6) is -0.204. The summed E-state index contributed by atoms with van der Waals surface area (Å²) in [5, 5.41) is 3.14. The molecule has 5 nitrogen and oxygen atoms in total. The van der Waals surface area contributed by atoms with Gasteiger partial charge in [-0.1, -0.05) is 31.5 Å². The summed E-state index contributed by atoms with van der Waals surface area (Å²) >= 11 is 5.75. The summed E-state index contributed by atoms with van der Waals surface area (Å²) < 4.78 is 14.0. The fourth-order valence-corrected chi connectivity index (χ4v) is 3.77. The largest absolute Gasteiger partial charge is 0.325 e. The zero-order valence-corrected chi connectivity index (χ0v) is 15.3. The smallest absolute Gasteiger partial charge is 0.323 e. The lowest BCUT2D eigenvalue weighted by atomic mass is 9.87. The van der Waals surface area contributed by atoms with Crippen molar-refractivity contribution >= 4 is 23.5 Å². The second kappa shape index (κ2) is 6.92. The van der Waals surface area contributed by atoms with E-state index in [9.17, 15) is 14.0 Å². The third kappa shape index (κ3) is 3.65. The lowest BCUT2D eigenvalue weighted by molar-refractivity contribution is -0.133. The summed E-state index contributed by atoms with van der Waals surface area (Å²) in [7, 11) is 0. The van der Waals surface area contributed by atoms with Crippen LogP contribution in [0.4, 0.5) is 9.18 Å². The van der Waals surface area contributed by atoms with Crippen LogP contribution in [0.3, 0.4) is 0 Å². The van der Waals surface area contributed by atoms with E-state index in [1.807, 2.05) is 0 Å². The molecule has 1 aromatic rings. The third-order valence-corrected chi connectivity index (χ3v) is 5.16. The summed E-state index contributed by atoms with van der Waals surface area (Å²) in [6.45, 7) is 6.77. The van der Waals surface area contributed by atoms with Crippen LogP contribution in [0.15, 0.2) is 18.2 Å². The van der Waals surface area contributed by atoms with Crippen LogP contribution in [-0.4, -0.2) is 46.9 Å². The standard InChI is InChI=1S/C18H23ClFN3O2/c1-12(2)10-22-7-5-18(6-8-22)16(24)23(17(25)21-18)11-13-3-4-14(19)9-15(13)20/h3-4,9,12H,5-8,10-11H2,1-2H3,(H,21,25). The Morgan fingerprint density at radius 2 is 1.96 bits per heavy atom. The second-order valence-corrected chi connectivity index (χ2v) is 7.77. The van der Waals surface area contributed by atoms with Gasteiger partial charge in [-0.3, -0.25) is 9.69 Å². The van der Waals surface area contributed by atoms with Crippen LogP contribution >= 0.6 is 11.6 Å². The van der Waals surface area contributed by atoms with Crippen molar-refractivity contribution in [1.82, 2.24) is 15.1 Å². The van der Waals surface area contributed by atoms with Gasteiger partial charge in [0.25, 0.3) is 5.91 Å². The van der Waals surface area contributed by atoms with Crippen LogP contribution in [0, 0.1) is 11.7 Å². The molecule has 3 amide bonds. The van der Waals surface area contributed by atoms with Gasteiger partial charge in [-0.15, -0.1) is 0 Å². The minimum Gasteiger partial charge on any atom is -0.323 e. The maximum Gasteiger partial charge on any atom is 0.325 e. The van der Waals surface area contributed by atoms with Gasteiger partial charge in [-0.05, 0) is 30.9 Å². The van der Waals surface area contributed by atoms with E-state index < -0.39 is 17.4 Å². The zero-order valence-electron chi connectivity index (χ0n) is 14.5. The van der Waals surface area contributed by atoms with Gasteiger partial charge >= 0.3 is 6.03 Å². The quantitative estimate of drug-likeness (QED) is 0.832. The Kier molecular flexibility index (Phi) is 5.02. The van der Waals surface area contributed by atoms with Crippen molar-refractivity contribution in [1.29, 1.82) is 0 Å². The minimum absolute atomic E-state index is 0.0782. The van der Waals surface area contributed by atoms with Crippen molar-refractivity contribution in [3.8, 4) is 0 Å². The minimum atomic E-state index is -0.840. The van der Waals surface area contributed by atoms with Crippen LogP contribution in [0.2, 0.25) is 5.02 Å². The molecule has 1 spiro atoms. The van der Waals surface area contributed by atoms with Gasteiger partial charge in [0.1, 0.15) is 11.4 Å². The van der Waals surface area contributed by atoms with Crippen LogP contribution in [0.1, 0.15) is 32.3 Å². The number of carbonyl (C=O) groups excluding carboxylic acids is 2. The summed E-state index contributed by atoms with van der Waals surface area (Å²) in [6, 6.07) is 3.81. The van der Waals surface area contributed by atoms with Crippen LogP contribution in [-0.2, 0) is 11.3 Å². The van der Waals surface area contributed by atoms with Gasteiger partial charge < -0.3 is 10.2 Å². The highest BCUT2D eigenvalue weighted by Crippen LogP contribution is 2.31.